The van der Waals surface area contributed by atoms with Crippen LogP contribution in [0.4, 0.5) is 4.79 Å². The van der Waals surface area contributed by atoms with E-state index in [-0.39, 0.29) is 6.03 Å². The quantitative estimate of drug-likeness (QED) is 0.671. The molecule has 6 heteroatoms. The lowest BCUT2D eigenvalue weighted by Crippen LogP contribution is -2.46. The number of amides is 2. The molecule has 0 unspecified atom stereocenters. The Labute approximate surface area is 145 Å². The number of nitrogens with zero attached hydrogens (tertiary/aromatic N) is 2. The summed E-state index contributed by atoms with van der Waals surface area (Å²) in [4.78, 5) is 14.3. The molecule has 1 fully saturated rings. The highest BCUT2D eigenvalue weighted by atomic mass is 16.2. The Morgan fingerprint density at radius 3 is 2.67 bits per heavy atom. The maximum atomic E-state index is 11.7. The van der Waals surface area contributed by atoms with Gasteiger partial charge in [-0.2, -0.15) is 5.10 Å². The van der Waals surface area contributed by atoms with E-state index in [4.69, 9.17) is 0 Å². The monoisotopic (exact) mass is 335 g/mol. The highest BCUT2D eigenvalue weighted by Crippen LogP contribution is 2.26. The fraction of sp³-hybridized carbons (Fsp3) is 0.778. The van der Waals surface area contributed by atoms with Crippen molar-refractivity contribution in [2.24, 2.45) is 5.92 Å². The van der Waals surface area contributed by atoms with Crippen LogP contribution in [-0.4, -0.2) is 46.3 Å². The van der Waals surface area contributed by atoms with Crippen molar-refractivity contribution in [3.8, 4) is 0 Å². The molecule has 0 aromatic carbocycles. The largest absolute Gasteiger partial charge is 0.338 e. The molecule has 2 rings (SSSR count). The van der Waals surface area contributed by atoms with E-state index in [9.17, 15) is 4.79 Å². The van der Waals surface area contributed by atoms with E-state index in [1.54, 1.807) is 12.4 Å². The Balaban J connectivity index is 1.47. The van der Waals surface area contributed by atoms with E-state index in [0.29, 0.717) is 12.1 Å². The average molecular weight is 335 g/mol. The highest BCUT2D eigenvalue weighted by Gasteiger charge is 2.26. The molecule has 1 aliphatic heterocycles. The standard InChI is InChI=1S/C18H33N5O/c1-18(2,3)23-10-7-15(8-11-23)6-4-5-9-19-17(24)20-12-16-13-21-22-14-16/h13-15H,4-12H2,1-3H3,(H,21,22)(H2,19,20,24). The number of carbonyl (C=O) groups is 1. The van der Waals surface area contributed by atoms with Crippen LogP contribution in [0.2, 0.25) is 0 Å². The number of aromatic amines is 1. The van der Waals surface area contributed by atoms with Crippen LogP contribution < -0.4 is 10.6 Å². The van der Waals surface area contributed by atoms with Crippen LogP contribution in [0.3, 0.4) is 0 Å². The molecule has 0 spiro atoms. The van der Waals surface area contributed by atoms with Gasteiger partial charge in [0.2, 0.25) is 0 Å². The first kappa shape index (κ1) is 18.8. The van der Waals surface area contributed by atoms with Crippen LogP contribution in [0, 0.1) is 5.92 Å². The number of hydrogen-bond donors (Lipinski definition) is 3. The molecule has 0 bridgehead atoms. The molecule has 136 valence electrons. The topological polar surface area (TPSA) is 73.1 Å². The van der Waals surface area contributed by atoms with Crippen molar-refractivity contribution in [2.75, 3.05) is 19.6 Å². The predicted octanol–water partition coefficient (Wildman–Crippen LogP) is 2.89. The molecule has 1 aromatic rings. The van der Waals surface area contributed by atoms with Gasteiger partial charge in [-0.3, -0.25) is 10.00 Å². The van der Waals surface area contributed by atoms with Crippen LogP contribution in [0.1, 0.15) is 58.4 Å². The number of rotatable bonds is 7. The van der Waals surface area contributed by atoms with Gasteiger partial charge in [0.05, 0.1) is 6.20 Å². The molecular weight excluding hydrogens is 302 g/mol. The summed E-state index contributed by atoms with van der Waals surface area (Å²) in [5, 5.41) is 12.3. The van der Waals surface area contributed by atoms with Crippen molar-refractivity contribution >= 4 is 6.03 Å². The Morgan fingerprint density at radius 1 is 1.29 bits per heavy atom. The second-order valence-corrected chi connectivity index (χ2v) is 7.81. The zero-order valence-corrected chi connectivity index (χ0v) is 15.4. The summed E-state index contributed by atoms with van der Waals surface area (Å²) in [6.45, 7) is 10.6. The molecule has 1 aliphatic rings. The molecule has 0 atom stereocenters. The van der Waals surface area contributed by atoms with Gasteiger partial charge in [0.15, 0.2) is 0 Å². The summed E-state index contributed by atoms with van der Waals surface area (Å²) in [6, 6.07) is -0.102. The summed E-state index contributed by atoms with van der Waals surface area (Å²) in [7, 11) is 0. The number of hydrogen-bond acceptors (Lipinski definition) is 3. The molecular formula is C18H33N5O. The van der Waals surface area contributed by atoms with Gasteiger partial charge in [0, 0.05) is 30.4 Å². The molecule has 3 N–H and O–H groups in total. The first-order valence-corrected chi connectivity index (χ1v) is 9.19. The van der Waals surface area contributed by atoms with Crippen LogP contribution in [0.15, 0.2) is 12.4 Å². The lowest BCUT2D eigenvalue weighted by molar-refractivity contribution is 0.0847. The third-order valence-electron chi connectivity index (χ3n) is 4.90. The van der Waals surface area contributed by atoms with Gasteiger partial charge in [0.25, 0.3) is 0 Å². The van der Waals surface area contributed by atoms with Gasteiger partial charge in [0.1, 0.15) is 0 Å². The van der Waals surface area contributed by atoms with Crippen molar-refractivity contribution in [3.05, 3.63) is 18.0 Å². The first-order chi connectivity index (χ1) is 11.4. The molecule has 0 saturated carbocycles. The number of piperidine rings is 1. The molecule has 1 saturated heterocycles. The van der Waals surface area contributed by atoms with Gasteiger partial charge in [-0.05, 0) is 59.0 Å². The number of nitrogens with one attached hydrogen (secondary N) is 3. The van der Waals surface area contributed by atoms with Gasteiger partial charge >= 0.3 is 6.03 Å². The van der Waals surface area contributed by atoms with Crippen molar-refractivity contribution in [2.45, 2.75) is 65.0 Å². The summed E-state index contributed by atoms with van der Waals surface area (Å²) >= 11 is 0. The minimum absolute atomic E-state index is 0.102. The van der Waals surface area contributed by atoms with Crippen molar-refractivity contribution in [3.63, 3.8) is 0 Å². The van der Waals surface area contributed by atoms with Gasteiger partial charge < -0.3 is 10.6 Å². The Kier molecular flexibility index (Phi) is 7.09. The van der Waals surface area contributed by atoms with Crippen LogP contribution in [0.25, 0.3) is 0 Å². The minimum Gasteiger partial charge on any atom is -0.338 e. The van der Waals surface area contributed by atoms with E-state index >= 15 is 0 Å². The summed E-state index contributed by atoms with van der Waals surface area (Å²) in [5.74, 6) is 0.860. The SMILES string of the molecule is CC(C)(C)N1CCC(CCCCNC(=O)NCc2cn[nH]c2)CC1. The smallest absolute Gasteiger partial charge is 0.315 e. The maximum absolute atomic E-state index is 11.7. The lowest BCUT2D eigenvalue weighted by Gasteiger charge is -2.41. The van der Waals surface area contributed by atoms with Gasteiger partial charge in [-0.25, -0.2) is 4.79 Å². The fourth-order valence-electron chi connectivity index (χ4n) is 3.27. The van der Waals surface area contributed by atoms with E-state index in [2.05, 4.69) is 46.5 Å². The molecule has 6 nitrogen and oxygen atoms in total. The van der Waals surface area contributed by atoms with Gasteiger partial charge in [-0.15, -0.1) is 0 Å². The minimum atomic E-state index is -0.102. The van der Waals surface area contributed by atoms with E-state index in [1.807, 2.05) is 0 Å². The highest BCUT2D eigenvalue weighted by molar-refractivity contribution is 5.73. The fourth-order valence-corrected chi connectivity index (χ4v) is 3.27. The van der Waals surface area contributed by atoms with Crippen LogP contribution >= 0.6 is 0 Å². The van der Waals surface area contributed by atoms with Gasteiger partial charge in [-0.1, -0.05) is 12.8 Å². The second kappa shape index (κ2) is 9.06. The van der Waals surface area contributed by atoms with Crippen LogP contribution in [0.5, 0.6) is 0 Å². The van der Waals surface area contributed by atoms with Crippen molar-refractivity contribution in [1.29, 1.82) is 0 Å². The number of urea groups is 1. The number of unbranched alkanes of at least 4 members (excludes halogenated alkanes) is 1. The maximum Gasteiger partial charge on any atom is 0.315 e. The predicted molar refractivity (Wildman–Crippen MR) is 96.7 cm³/mol. The van der Waals surface area contributed by atoms with E-state index in [0.717, 1.165) is 24.4 Å². The first-order valence-electron chi connectivity index (χ1n) is 9.19. The van der Waals surface area contributed by atoms with E-state index < -0.39 is 0 Å². The number of aromatic nitrogens is 2. The van der Waals surface area contributed by atoms with E-state index in [1.165, 1.54) is 38.8 Å². The zero-order valence-electron chi connectivity index (χ0n) is 15.4. The summed E-state index contributed by atoms with van der Waals surface area (Å²) in [5.41, 5.74) is 1.28. The summed E-state index contributed by atoms with van der Waals surface area (Å²) < 4.78 is 0. The third kappa shape index (κ3) is 6.51. The Hall–Kier alpha value is -1.56. The van der Waals surface area contributed by atoms with Crippen molar-refractivity contribution in [1.82, 2.24) is 25.7 Å². The number of carbonyl (C=O) groups excluding carboxylic acids is 1. The normalized spacial score (nSPS) is 17.0. The second-order valence-electron chi connectivity index (χ2n) is 7.81. The third-order valence-corrected chi connectivity index (χ3v) is 4.90. The molecule has 2 heterocycles. The molecule has 1 aromatic heterocycles. The zero-order chi connectivity index (χ0) is 17.4. The lowest BCUT2D eigenvalue weighted by atomic mass is 9.89. The number of likely N-dealkylation sites (tertiary alicyclic amines) is 1. The molecule has 2 amide bonds. The molecule has 0 aliphatic carbocycles. The Morgan fingerprint density at radius 2 is 2.04 bits per heavy atom. The van der Waals surface area contributed by atoms with Crippen molar-refractivity contribution < 1.29 is 4.79 Å². The molecule has 0 radical (unpaired) electrons. The molecule has 24 heavy (non-hydrogen) atoms. The summed E-state index contributed by atoms with van der Waals surface area (Å²) in [6.07, 6.45) is 9.67. The van der Waals surface area contributed by atoms with Crippen LogP contribution in [-0.2, 0) is 6.54 Å². The Bertz CT molecular complexity index is 472. The average Bonchev–Trinajstić information content (AvgIpc) is 3.05. The number of H-pyrrole nitrogens is 1.